The van der Waals surface area contributed by atoms with E-state index in [1.165, 1.54) is 12.8 Å². The molecule has 0 aromatic carbocycles. The van der Waals surface area contributed by atoms with E-state index in [4.69, 9.17) is 5.73 Å². The number of carbonyl (C=O) groups is 1. The number of aryl methyl sites for hydroxylation is 1. The lowest BCUT2D eigenvalue weighted by atomic mass is 10.2. The summed E-state index contributed by atoms with van der Waals surface area (Å²) in [5.41, 5.74) is 8.66. The maximum absolute atomic E-state index is 12.4. The number of thiazole rings is 1. The molecule has 1 saturated carbocycles. The number of hydrogen-bond acceptors (Lipinski definition) is 4. The average molecular weight is 304 g/mol. The lowest BCUT2D eigenvalue weighted by molar-refractivity contribution is 0.0949. The maximum Gasteiger partial charge on any atom is 0.253 e. The quantitative estimate of drug-likeness (QED) is 0.887. The van der Waals surface area contributed by atoms with E-state index in [0.717, 1.165) is 16.5 Å². The van der Waals surface area contributed by atoms with Crippen LogP contribution in [0.15, 0.2) is 17.6 Å². The van der Waals surface area contributed by atoms with Crippen molar-refractivity contribution in [1.29, 1.82) is 0 Å². The van der Waals surface area contributed by atoms with Crippen molar-refractivity contribution in [2.24, 2.45) is 11.7 Å². The number of nitrogens with two attached hydrogens (primary N) is 1. The average Bonchev–Trinajstić information content (AvgIpc) is 3.10. The van der Waals surface area contributed by atoms with Crippen LogP contribution in [0.4, 0.5) is 0 Å². The molecular weight excluding hydrogens is 284 g/mol. The van der Waals surface area contributed by atoms with Crippen LogP contribution >= 0.6 is 11.3 Å². The van der Waals surface area contributed by atoms with Gasteiger partial charge in [0.15, 0.2) is 5.13 Å². The summed E-state index contributed by atoms with van der Waals surface area (Å²) in [7, 11) is 0. The van der Waals surface area contributed by atoms with Gasteiger partial charge in [-0.3, -0.25) is 9.36 Å². The van der Waals surface area contributed by atoms with Gasteiger partial charge in [0.25, 0.3) is 5.91 Å². The fraction of sp³-hybridized carbons (Fsp3) is 0.467. The number of amides is 1. The summed E-state index contributed by atoms with van der Waals surface area (Å²) in [6.07, 6.45) is 4.15. The highest BCUT2D eigenvalue weighted by Gasteiger charge is 2.28. The van der Waals surface area contributed by atoms with Crippen LogP contribution in [0.1, 0.15) is 34.6 Å². The Morgan fingerprint density at radius 2 is 2.33 bits per heavy atom. The van der Waals surface area contributed by atoms with E-state index in [1.807, 2.05) is 29.9 Å². The van der Waals surface area contributed by atoms with Gasteiger partial charge in [0.1, 0.15) is 0 Å². The fourth-order valence-corrected chi connectivity index (χ4v) is 3.36. The molecule has 0 bridgehead atoms. The van der Waals surface area contributed by atoms with Crippen molar-refractivity contribution < 1.29 is 4.79 Å². The van der Waals surface area contributed by atoms with E-state index in [-0.39, 0.29) is 11.9 Å². The minimum Gasteiger partial charge on any atom is -0.350 e. The molecule has 0 radical (unpaired) electrons. The van der Waals surface area contributed by atoms with E-state index >= 15 is 0 Å². The van der Waals surface area contributed by atoms with Crippen molar-refractivity contribution in [2.45, 2.75) is 32.7 Å². The number of nitrogens with zero attached hydrogens (tertiary/aromatic N) is 2. The number of carbonyl (C=O) groups excluding carboxylic acids is 1. The van der Waals surface area contributed by atoms with Crippen LogP contribution in [0, 0.1) is 19.8 Å². The minimum absolute atomic E-state index is 0.0537. The number of aromatic nitrogens is 2. The van der Waals surface area contributed by atoms with E-state index in [9.17, 15) is 4.79 Å². The molecule has 112 valence electrons. The van der Waals surface area contributed by atoms with Crippen molar-refractivity contribution in [3.63, 3.8) is 0 Å². The third kappa shape index (κ3) is 2.87. The zero-order chi connectivity index (χ0) is 15.0. The van der Waals surface area contributed by atoms with Crippen LogP contribution in [0.25, 0.3) is 5.13 Å². The van der Waals surface area contributed by atoms with Gasteiger partial charge in [0.05, 0.1) is 5.56 Å². The van der Waals surface area contributed by atoms with E-state index in [0.29, 0.717) is 18.0 Å². The van der Waals surface area contributed by atoms with Crippen LogP contribution < -0.4 is 11.1 Å². The standard InChI is InChI=1S/C15H20N4OS/c1-9-7-12(10(2)19(9)15-17-5-6-21-15)14(20)18-8-13(16)11-3-4-11/h5-7,11,13H,3-4,8,16H2,1-2H3,(H,18,20). The first-order valence-electron chi connectivity index (χ1n) is 7.20. The van der Waals surface area contributed by atoms with Crippen LogP contribution in [0.2, 0.25) is 0 Å². The summed E-state index contributed by atoms with van der Waals surface area (Å²) >= 11 is 1.56. The zero-order valence-electron chi connectivity index (χ0n) is 12.3. The van der Waals surface area contributed by atoms with Crippen molar-refractivity contribution in [3.8, 4) is 5.13 Å². The Morgan fingerprint density at radius 1 is 1.57 bits per heavy atom. The van der Waals surface area contributed by atoms with Gasteiger partial charge in [-0.1, -0.05) is 0 Å². The monoisotopic (exact) mass is 304 g/mol. The Bertz CT molecular complexity index is 643. The molecule has 3 N–H and O–H groups in total. The third-order valence-corrected chi connectivity index (χ3v) is 4.77. The lowest BCUT2D eigenvalue weighted by Crippen LogP contribution is -2.38. The van der Waals surface area contributed by atoms with Crippen LogP contribution in [0.5, 0.6) is 0 Å². The van der Waals surface area contributed by atoms with Gasteiger partial charge in [0, 0.05) is 35.6 Å². The number of rotatable bonds is 5. The molecule has 2 heterocycles. The predicted molar refractivity (Wildman–Crippen MR) is 83.9 cm³/mol. The maximum atomic E-state index is 12.4. The predicted octanol–water partition coefficient (Wildman–Crippen LogP) is 2.02. The van der Waals surface area contributed by atoms with Gasteiger partial charge in [0.2, 0.25) is 0 Å². The fourth-order valence-electron chi connectivity index (χ4n) is 2.61. The third-order valence-electron chi connectivity index (χ3n) is 4.01. The Hall–Kier alpha value is -1.66. The molecule has 21 heavy (non-hydrogen) atoms. The van der Waals surface area contributed by atoms with Crippen molar-refractivity contribution in [3.05, 3.63) is 34.6 Å². The zero-order valence-corrected chi connectivity index (χ0v) is 13.1. The van der Waals surface area contributed by atoms with Gasteiger partial charge in [-0.2, -0.15) is 0 Å². The summed E-state index contributed by atoms with van der Waals surface area (Å²) < 4.78 is 2.01. The SMILES string of the molecule is Cc1cc(C(=O)NCC(N)C2CC2)c(C)n1-c1nccs1. The first-order valence-corrected chi connectivity index (χ1v) is 8.08. The Morgan fingerprint density at radius 3 is 2.95 bits per heavy atom. The molecule has 1 amide bonds. The second-order valence-electron chi connectivity index (χ2n) is 5.65. The van der Waals surface area contributed by atoms with Crippen molar-refractivity contribution in [1.82, 2.24) is 14.9 Å². The molecule has 0 spiro atoms. The van der Waals surface area contributed by atoms with E-state index in [1.54, 1.807) is 17.5 Å². The Labute approximate surface area is 128 Å². The van der Waals surface area contributed by atoms with E-state index < -0.39 is 0 Å². The summed E-state index contributed by atoms with van der Waals surface area (Å²) in [5.74, 6) is 0.537. The van der Waals surface area contributed by atoms with Crippen molar-refractivity contribution in [2.75, 3.05) is 6.54 Å². The highest BCUT2D eigenvalue weighted by molar-refractivity contribution is 7.12. The highest BCUT2D eigenvalue weighted by Crippen LogP contribution is 2.31. The largest absolute Gasteiger partial charge is 0.350 e. The molecular formula is C15H20N4OS. The van der Waals surface area contributed by atoms with Gasteiger partial charge >= 0.3 is 0 Å². The first kappa shape index (κ1) is 14.3. The van der Waals surface area contributed by atoms with Gasteiger partial charge in [-0.25, -0.2) is 4.98 Å². The molecule has 3 rings (SSSR count). The molecule has 1 atom stereocenters. The minimum atomic E-state index is -0.0537. The molecule has 1 aliphatic rings. The molecule has 2 aromatic rings. The highest BCUT2D eigenvalue weighted by atomic mass is 32.1. The van der Waals surface area contributed by atoms with Crippen molar-refractivity contribution >= 4 is 17.2 Å². The van der Waals surface area contributed by atoms with Crippen LogP contribution in [0.3, 0.4) is 0 Å². The summed E-state index contributed by atoms with van der Waals surface area (Å²) in [6.45, 7) is 4.48. The first-order chi connectivity index (χ1) is 10.1. The van der Waals surface area contributed by atoms with Gasteiger partial charge < -0.3 is 11.1 Å². The summed E-state index contributed by atoms with van der Waals surface area (Å²) in [4.78, 5) is 16.7. The molecule has 1 fully saturated rings. The number of hydrogen-bond donors (Lipinski definition) is 2. The summed E-state index contributed by atoms with van der Waals surface area (Å²) in [6, 6.07) is 1.99. The molecule has 0 saturated heterocycles. The Balaban J connectivity index is 1.76. The molecule has 6 heteroatoms. The topological polar surface area (TPSA) is 72.9 Å². The van der Waals surface area contributed by atoms with Gasteiger partial charge in [-0.15, -0.1) is 11.3 Å². The lowest BCUT2D eigenvalue weighted by Gasteiger charge is -2.11. The molecule has 1 unspecified atom stereocenters. The molecule has 1 aliphatic carbocycles. The van der Waals surface area contributed by atoms with E-state index in [2.05, 4.69) is 10.3 Å². The number of nitrogens with one attached hydrogen (secondary N) is 1. The van der Waals surface area contributed by atoms with Crippen LogP contribution in [-0.2, 0) is 0 Å². The second-order valence-corrected chi connectivity index (χ2v) is 6.52. The normalized spacial score (nSPS) is 16.0. The smallest absolute Gasteiger partial charge is 0.253 e. The molecule has 0 aliphatic heterocycles. The Kier molecular flexibility index (Phi) is 3.82. The molecule has 5 nitrogen and oxygen atoms in total. The summed E-state index contributed by atoms with van der Waals surface area (Å²) in [5, 5.41) is 5.77. The second kappa shape index (κ2) is 5.61. The molecule has 2 aromatic heterocycles. The van der Waals surface area contributed by atoms with Gasteiger partial charge in [-0.05, 0) is 38.7 Å². The van der Waals surface area contributed by atoms with Crippen LogP contribution in [-0.4, -0.2) is 28.0 Å².